The summed E-state index contributed by atoms with van der Waals surface area (Å²) in [6.07, 6.45) is 0.533. The topological polar surface area (TPSA) is 38.3 Å². The molecule has 3 rings (SSSR count). The molecule has 2 atom stereocenters. The van der Waals surface area contributed by atoms with Gasteiger partial charge in [-0.25, -0.2) is 0 Å². The van der Waals surface area contributed by atoms with Crippen LogP contribution < -0.4 is 10.1 Å². The Hall–Kier alpha value is -2.29. The minimum atomic E-state index is 0.0477. The highest BCUT2D eigenvalue weighted by Gasteiger charge is 2.34. The minimum Gasteiger partial charge on any atom is -0.496 e. The molecule has 0 bridgehead atoms. The maximum absolute atomic E-state index is 11.9. The molecule has 2 aromatic rings. The second kappa shape index (κ2) is 5.60. The van der Waals surface area contributed by atoms with E-state index in [1.165, 1.54) is 5.56 Å². The number of nitrogens with one attached hydrogen (secondary N) is 1. The van der Waals surface area contributed by atoms with Gasteiger partial charge in [-0.15, -0.1) is 0 Å². The number of benzene rings is 2. The molecule has 0 aliphatic carbocycles. The van der Waals surface area contributed by atoms with E-state index in [9.17, 15) is 4.79 Å². The standard InChI is InChI=1S/C18H19NO2/c1-12-10-14(8-9-16(12)21-2)15-11-17(20)19-18(15)13-6-4-3-5-7-13/h3-10,15,18H,11H2,1-2H3,(H,19,20). The molecule has 2 unspecified atom stereocenters. The van der Waals surface area contributed by atoms with Gasteiger partial charge in [0.15, 0.2) is 0 Å². The van der Waals surface area contributed by atoms with E-state index in [2.05, 4.69) is 29.6 Å². The van der Waals surface area contributed by atoms with Gasteiger partial charge < -0.3 is 10.1 Å². The van der Waals surface area contributed by atoms with Crippen molar-refractivity contribution < 1.29 is 9.53 Å². The van der Waals surface area contributed by atoms with Crippen molar-refractivity contribution in [3.63, 3.8) is 0 Å². The lowest BCUT2D eigenvalue weighted by Gasteiger charge is -2.20. The average Bonchev–Trinajstić information content (AvgIpc) is 2.90. The number of carbonyl (C=O) groups excluding carboxylic acids is 1. The number of hydrogen-bond acceptors (Lipinski definition) is 2. The molecule has 1 fully saturated rings. The molecular formula is C18H19NO2. The zero-order valence-corrected chi connectivity index (χ0v) is 12.3. The summed E-state index contributed by atoms with van der Waals surface area (Å²) in [4.78, 5) is 11.9. The summed E-state index contributed by atoms with van der Waals surface area (Å²) in [5, 5.41) is 3.10. The lowest BCUT2D eigenvalue weighted by Crippen LogP contribution is -2.20. The molecule has 3 nitrogen and oxygen atoms in total. The molecule has 1 saturated heterocycles. The molecule has 0 spiro atoms. The predicted octanol–water partition coefficient (Wildman–Crippen LogP) is 3.35. The summed E-state index contributed by atoms with van der Waals surface area (Å²) in [6.45, 7) is 2.03. The predicted molar refractivity (Wildman–Crippen MR) is 82.4 cm³/mol. The number of amides is 1. The van der Waals surface area contributed by atoms with Crippen molar-refractivity contribution in [1.29, 1.82) is 0 Å². The summed E-state index contributed by atoms with van der Waals surface area (Å²) in [7, 11) is 1.68. The Bertz CT molecular complexity index is 652. The van der Waals surface area contributed by atoms with Crippen LogP contribution in [0.3, 0.4) is 0 Å². The second-order valence-corrected chi connectivity index (χ2v) is 5.50. The van der Waals surface area contributed by atoms with Gasteiger partial charge in [0.05, 0.1) is 13.2 Å². The fourth-order valence-corrected chi connectivity index (χ4v) is 3.07. The van der Waals surface area contributed by atoms with Crippen molar-refractivity contribution in [2.24, 2.45) is 0 Å². The van der Waals surface area contributed by atoms with E-state index in [-0.39, 0.29) is 17.9 Å². The lowest BCUT2D eigenvalue weighted by atomic mass is 9.87. The van der Waals surface area contributed by atoms with Crippen molar-refractivity contribution in [2.45, 2.75) is 25.3 Å². The van der Waals surface area contributed by atoms with Crippen LogP contribution in [0.15, 0.2) is 48.5 Å². The monoisotopic (exact) mass is 281 g/mol. The molecule has 3 heteroatoms. The molecule has 1 heterocycles. The van der Waals surface area contributed by atoms with E-state index in [1.807, 2.05) is 31.2 Å². The lowest BCUT2D eigenvalue weighted by molar-refractivity contribution is -0.119. The van der Waals surface area contributed by atoms with Crippen LogP contribution in [0.2, 0.25) is 0 Å². The van der Waals surface area contributed by atoms with Crippen molar-refractivity contribution in [2.75, 3.05) is 7.11 Å². The van der Waals surface area contributed by atoms with Crippen molar-refractivity contribution in [3.8, 4) is 5.75 Å². The summed E-state index contributed by atoms with van der Waals surface area (Å²) in [5.41, 5.74) is 3.43. The first-order valence-electron chi connectivity index (χ1n) is 7.18. The SMILES string of the molecule is COc1ccc(C2CC(=O)NC2c2ccccc2)cc1C. The fourth-order valence-electron chi connectivity index (χ4n) is 3.07. The van der Waals surface area contributed by atoms with E-state index >= 15 is 0 Å². The van der Waals surface area contributed by atoms with Crippen LogP contribution in [0, 0.1) is 6.92 Å². The Balaban J connectivity index is 1.96. The molecule has 0 radical (unpaired) electrons. The first kappa shape index (κ1) is 13.7. The Morgan fingerprint density at radius 2 is 1.86 bits per heavy atom. The van der Waals surface area contributed by atoms with Gasteiger partial charge in [-0.2, -0.15) is 0 Å². The van der Waals surface area contributed by atoms with E-state index in [0.717, 1.165) is 16.9 Å². The maximum atomic E-state index is 11.9. The first-order chi connectivity index (χ1) is 10.2. The summed E-state index contributed by atoms with van der Waals surface area (Å²) in [6, 6.07) is 16.4. The van der Waals surface area contributed by atoms with Gasteiger partial charge >= 0.3 is 0 Å². The van der Waals surface area contributed by atoms with Gasteiger partial charge in [-0.1, -0.05) is 42.5 Å². The van der Waals surface area contributed by atoms with Gasteiger partial charge in [0.2, 0.25) is 5.91 Å². The number of ether oxygens (including phenoxy) is 1. The summed E-state index contributed by atoms with van der Waals surface area (Å²) < 4.78 is 5.31. The Morgan fingerprint density at radius 3 is 2.52 bits per heavy atom. The third-order valence-corrected chi connectivity index (χ3v) is 4.13. The van der Waals surface area contributed by atoms with Crippen molar-refractivity contribution >= 4 is 5.91 Å². The first-order valence-corrected chi connectivity index (χ1v) is 7.18. The normalized spacial score (nSPS) is 21.1. The number of methoxy groups -OCH3 is 1. The maximum Gasteiger partial charge on any atom is 0.221 e. The number of hydrogen-bond donors (Lipinski definition) is 1. The Labute approximate surface area is 124 Å². The van der Waals surface area contributed by atoms with Crippen LogP contribution in [0.5, 0.6) is 5.75 Å². The van der Waals surface area contributed by atoms with Crippen molar-refractivity contribution in [1.82, 2.24) is 5.32 Å². The zero-order chi connectivity index (χ0) is 14.8. The van der Waals surface area contributed by atoms with Gasteiger partial charge in [-0.05, 0) is 29.7 Å². The number of aryl methyl sites for hydroxylation is 1. The Morgan fingerprint density at radius 1 is 1.10 bits per heavy atom. The molecule has 21 heavy (non-hydrogen) atoms. The molecule has 0 saturated carbocycles. The molecule has 1 amide bonds. The van der Waals surface area contributed by atoms with Gasteiger partial charge in [0.1, 0.15) is 5.75 Å². The average molecular weight is 281 g/mol. The quantitative estimate of drug-likeness (QED) is 0.937. The van der Waals surface area contributed by atoms with Crippen LogP contribution in [-0.4, -0.2) is 13.0 Å². The third kappa shape index (κ3) is 2.64. The van der Waals surface area contributed by atoms with Gasteiger partial charge in [0, 0.05) is 12.3 Å². The smallest absolute Gasteiger partial charge is 0.221 e. The number of rotatable bonds is 3. The molecule has 2 aromatic carbocycles. The number of carbonyl (C=O) groups is 1. The molecule has 1 N–H and O–H groups in total. The zero-order valence-electron chi connectivity index (χ0n) is 12.3. The van der Waals surface area contributed by atoms with Crippen LogP contribution in [-0.2, 0) is 4.79 Å². The van der Waals surface area contributed by atoms with E-state index < -0.39 is 0 Å². The third-order valence-electron chi connectivity index (χ3n) is 4.13. The van der Waals surface area contributed by atoms with E-state index in [0.29, 0.717) is 6.42 Å². The van der Waals surface area contributed by atoms with Crippen LogP contribution in [0.4, 0.5) is 0 Å². The highest BCUT2D eigenvalue weighted by Crippen LogP contribution is 2.39. The summed E-state index contributed by atoms with van der Waals surface area (Å²) in [5.74, 6) is 1.17. The van der Waals surface area contributed by atoms with Crippen LogP contribution in [0.1, 0.15) is 35.1 Å². The summed E-state index contributed by atoms with van der Waals surface area (Å²) >= 11 is 0. The molecule has 1 aliphatic heterocycles. The fraction of sp³-hybridized carbons (Fsp3) is 0.278. The molecular weight excluding hydrogens is 262 g/mol. The highest BCUT2D eigenvalue weighted by atomic mass is 16.5. The van der Waals surface area contributed by atoms with E-state index in [1.54, 1.807) is 7.11 Å². The van der Waals surface area contributed by atoms with Gasteiger partial charge in [0.25, 0.3) is 0 Å². The van der Waals surface area contributed by atoms with Crippen LogP contribution >= 0.6 is 0 Å². The highest BCUT2D eigenvalue weighted by molar-refractivity contribution is 5.80. The Kier molecular flexibility index (Phi) is 3.65. The molecule has 1 aliphatic rings. The minimum absolute atomic E-state index is 0.0477. The van der Waals surface area contributed by atoms with E-state index in [4.69, 9.17) is 4.74 Å². The van der Waals surface area contributed by atoms with Crippen LogP contribution in [0.25, 0.3) is 0 Å². The molecule has 108 valence electrons. The largest absolute Gasteiger partial charge is 0.496 e. The van der Waals surface area contributed by atoms with Crippen molar-refractivity contribution in [3.05, 3.63) is 65.2 Å². The second-order valence-electron chi connectivity index (χ2n) is 5.50. The molecule has 0 aromatic heterocycles. The van der Waals surface area contributed by atoms with Gasteiger partial charge in [-0.3, -0.25) is 4.79 Å².